The number of rotatable bonds is 6. The first-order valence-electron chi connectivity index (χ1n) is 11.5. The topological polar surface area (TPSA) is 9.72 Å². The number of likely N-dealkylation sites (tertiary alicyclic amines) is 3. The summed E-state index contributed by atoms with van der Waals surface area (Å²) in [5.74, 6) is 1.94. The summed E-state index contributed by atoms with van der Waals surface area (Å²) in [5.41, 5.74) is 1.38. The Balaban J connectivity index is 1.16. The van der Waals surface area contributed by atoms with Crippen molar-refractivity contribution in [3.8, 4) is 0 Å². The second kappa shape index (κ2) is 7.04. The number of nitrogens with zero attached hydrogens (tertiary/aromatic N) is 3. The molecule has 3 aliphatic heterocycles. The highest BCUT2D eigenvalue weighted by Gasteiger charge is 2.50. The SMILES string of the molecule is CC(CCN1CCC2(C1)CN(C(C)C)C2)C1CC2(CCN(C(C)C)C2)C1. The fourth-order valence-electron chi connectivity index (χ4n) is 6.48. The second-order valence-corrected chi connectivity index (χ2v) is 11.3. The first kappa shape index (κ1) is 19.2. The molecule has 0 bridgehead atoms. The van der Waals surface area contributed by atoms with Gasteiger partial charge in [0.05, 0.1) is 0 Å². The number of hydrogen-bond donors (Lipinski definition) is 0. The molecular weight excluding hydrogens is 318 g/mol. The van der Waals surface area contributed by atoms with Gasteiger partial charge < -0.3 is 9.80 Å². The highest BCUT2D eigenvalue weighted by molar-refractivity contribution is 5.03. The Bertz CT molecular complexity index is 488. The molecule has 0 amide bonds. The third-order valence-corrected chi connectivity index (χ3v) is 8.62. The Morgan fingerprint density at radius 2 is 1.38 bits per heavy atom. The van der Waals surface area contributed by atoms with Gasteiger partial charge in [0.1, 0.15) is 0 Å². The first-order valence-corrected chi connectivity index (χ1v) is 11.5. The van der Waals surface area contributed by atoms with Crippen LogP contribution < -0.4 is 0 Å². The lowest BCUT2D eigenvalue weighted by atomic mass is 9.57. The van der Waals surface area contributed by atoms with Gasteiger partial charge in [0, 0.05) is 43.7 Å². The number of hydrogen-bond acceptors (Lipinski definition) is 3. The molecule has 1 atom stereocenters. The van der Waals surface area contributed by atoms with Crippen molar-refractivity contribution >= 4 is 0 Å². The van der Waals surface area contributed by atoms with Crippen molar-refractivity contribution in [3.63, 3.8) is 0 Å². The van der Waals surface area contributed by atoms with E-state index < -0.39 is 0 Å². The van der Waals surface area contributed by atoms with E-state index in [4.69, 9.17) is 0 Å². The minimum absolute atomic E-state index is 0.665. The maximum absolute atomic E-state index is 2.79. The van der Waals surface area contributed by atoms with E-state index in [1.54, 1.807) is 0 Å². The molecule has 0 aromatic heterocycles. The van der Waals surface area contributed by atoms with Crippen molar-refractivity contribution in [2.24, 2.45) is 22.7 Å². The van der Waals surface area contributed by atoms with Gasteiger partial charge >= 0.3 is 0 Å². The zero-order valence-corrected chi connectivity index (χ0v) is 18.1. The minimum Gasteiger partial charge on any atom is -0.303 e. The molecule has 150 valence electrons. The monoisotopic (exact) mass is 361 g/mol. The molecule has 2 spiro atoms. The van der Waals surface area contributed by atoms with Gasteiger partial charge in [0.25, 0.3) is 0 Å². The van der Waals surface area contributed by atoms with E-state index in [0.29, 0.717) is 10.8 Å². The van der Waals surface area contributed by atoms with E-state index in [2.05, 4.69) is 49.3 Å². The lowest BCUT2D eigenvalue weighted by molar-refractivity contribution is -0.0153. The van der Waals surface area contributed by atoms with Crippen LogP contribution in [-0.2, 0) is 0 Å². The van der Waals surface area contributed by atoms with Gasteiger partial charge in [-0.2, -0.15) is 0 Å². The van der Waals surface area contributed by atoms with E-state index in [-0.39, 0.29) is 0 Å². The predicted octanol–water partition coefficient (Wildman–Crippen LogP) is 3.94. The van der Waals surface area contributed by atoms with Crippen LogP contribution in [0.4, 0.5) is 0 Å². The Morgan fingerprint density at radius 3 is 2.00 bits per heavy atom. The Kier molecular flexibility index (Phi) is 5.20. The molecule has 0 N–H and O–H groups in total. The van der Waals surface area contributed by atoms with Crippen LogP contribution in [0.5, 0.6) is 0 Å². The molecule has 3 heterocycles. The molecule has 4 rings (SSSR count). The molecule has 3 heteroatoms. The van der Waals surface area contributed by atoms with Gasteiger partial charge in [-0.1, -0.05) is 6.92 Å². The third kappa shape index (κ3) is 3.61. The fourth-order valence-corrected chi connectivity index (χ4v) is 6.48. The molecule has 3 nitrogen and oxygen atoms in total. The second-order valence-electron chi connectivity index (χ2n) is 11.3. The average Bonchev–Trinajstić information content (AvgIpc) is 3.14. The molecule has 0 aromatic carbocycles. The Hall–Kier alpha value is -0.120. The van der Waals surface area contributed by atoms with E-state index in [1.807, 2.05) is 0 Å². The van der Waals surface area contributed by atoms with Crippen molar-refractivity contribution < 1.29 is 0 Å². The molecule has 4 aliphatic rings. The minimum atomic E-state index is 0.665. The molecule has 3 saturated heterocycles. The van der Waals surface area contributed by atoms with Crippen LogP contribution in [-0.4, -0.2) is 72.6 Å². The maximum atomic E-state index is 2.79. The van der Waals surface area contributed by atoms with Crippen LogP contribution in [0, 0.1) is 22.7 Å². The lowest BCUT2D eigenvalue weighted by Gasteiger charge is -2.50. The molecule has 1 saturated carbocycles. The van der Waals surface area contributed by atoms with Crippen LogP contribution in [0.3, 0.4) is 0 Å². The van der Waals surface area contributed by atoms with Gasteiger partial charge in [-0.3, -0.25) is 4.90 Å². The molecule has 0 radical (unpaired) electrons. The van der Waals surface area contributed by atoms with Crippen LogP contribution in [0.2, 0.25) is 0 Å². The Labute approximate surface area is 162 Å². The van der Waals surface area contributed by atoms with Crippen LogP contribution in [0.1, 0.15) is 66.7 Å². The van der Waals surface area contributed by atoms with Gasteiger partial charge in [-0.05, 0) is 96.7 Å². The average molecular weight is 362 g/mol. The maximum Gasteiger partial charge on any atom is 0.00971 e. The van der Waals surface area contributed by atoms with Crippen molar-refractivity contribution in [3.05, 3.63) is 0 Å². The molecule has 1 unspecified atom stereocenters. The quantitative estimate of drug-likeness (QED) is 0.709. The highest BCUT2D eigenvalue weighted by Crippen LogP contribution is 2.55. The van der Waals surface area contributed by atoms with Crippen LogP contribution in [0.25, 0.3) is 0 Å². The van der Waals surface area contributed by atoms with Gasteiger partial charge in [-0.15, -0.1) is 0 Å². The van der Waals surface area contributed by atoms with Gasteiger partial charge in [0.15, 0.2) is 0 Å². The standard InChI is InChI=1S/C23H43N3/c1-18(2)25-11-8-22(15-25)12-21(13-22)20(5)6-9-24-10-7-23(14-24)16-26(17-23)19(3)4/h18-21H,6-17H2,1-5H3. The van der Waals surface area contributed by atoms with E-state index in [9.17, 15) is 0 Å². The van der Waals surface area contributed by atoms with Gasteiger partial charge in [-0.25, -0.2) is 0 Å². The third-order valence-electron chi connectivity index (χ3n) is 8.62. The molecule has 0 aromatic rings. The van der Waals surface area contributed by atoms with Crippen LogP contribution >= 0.6 is 0 Å². The van der Waals surface area contributed by atoms with Crippen molar-refractivity contribution in [1.29, 1.82) is 0 Å². The zero-order chi connectivity index (χ0) is 18.5. The van der Waals surface area contributed by atoms with Crippen molar-refractivity contribution in [2.45, 2.75) is 78.8 Å². The first-order chi connectivity index (χ1) is 12.3. The van der Waals surface area contributed by atoms with E-state index in [1.165, 1.54) is 77.9 Å². The summed E-state index contributed by atoms with van der Waals surface area (Å²) in [4.78, 5) is 8.16. The zero-order valence-electron chi connectivity index (χ0n) is 18.1. The van der Waals surface area contributed by atoms with Crippen molar-refractivity contribution in [2.75, 3.05) is 45.8 Å². The van der Waals surface area contributed by atoms with Crippen LogP contribution in [0.15, 0.2) is 0 Å². The largest absolute Gasteiger partial charge is 0.303 e. The summed E-state index contributed by atoms with van der Waals surface area (Å²) in [6.07, 6.45) is 7.38. The van der Waals surface area contributed by atoms with Crippen molar-refractivity contribution in [1.82, 2.24) is 14.7 Å². The van der Waals surface area contributed by atoms with E-state index in [0.717, 1.165) is 23.9 Å². The normalized spacial score (nSPS) is 36.3. The molecule has 26 heavy (non-hydrogen) atoms. The lowest BCUT2D eigenvalue weighted by Crippen LogP contribution is -2.59. The summed E-state index contributed by atoms with van der Waals surface area (Å²) >= 11 is 0. The molecule has 1 aliphatic carbocycles. The van der Waals surface area contributed by atoms with Gasteiger partial charge in [0.2, 0.25) is 0 Å². The molecule has 4 fully saturated rings. The summed E-state index contributed by atoms with van der Waals surface area (Å²) in [6.45, 7) is 21.5. The summed E-state index contributed by atoms with van der Waals surface area (Å²) < 4.78 is 0. The predicted molar refractivity (Wildman–Crippen MR) is 110 cm³/mol. The smallest absolute Gasteiger partial charge is 0.00971 e. The van der Waals surface area contributed by atoms with E-state index >= 15 is 0 Å². The Morgan fingerprint density at radius 1 is 0.769 bits per heavy atom. The summed E-state index contributed by atoms with van der Waals surface area (Å²) in [6, 6.07) is 1.48. The molecular formula is C23H43N3. The summed E-state index contributed by atoms with van der Waals surface area (Å²) in [7, 11) is 0. The summed E-state index contributed by atoms with van der Waals surface area (Å²) in [5, 5.41) is 0. The fraction of sp³-hybridized carbons (Fsp3) is 1.00. The highest BCUT2D eigenvalue weighted by atomic mass is 15.3.